The fourth-order valence-electron chi connectivity index (χ4n) is 1.57. The Morgan fingerprint density at radius 2 is 1.88 bits per heavy atom. The number of nitrogens with two attached hydrogens (primary N) is 1. The number of anilines is 1. The van der Waals surface area contributed by atoms with Gasteiger partial charge in [-0.05, 0) is 18.6 Å². The van der Waals surface area contributed by atoms with E-state index in [1.165, 1.54) is 4.90 Å². The number of benzene rings is 1. The Balaban J connectivity index is 3.25. The quantitative estimate of drug-likeness (QED) is 0.847. The van der Waals surface area contributed by atoms with E-state index in [4.69, 9.17) is 15.2 Å². The van der Waals surface area contributed by atoms with Gasteiger partial charge in [0.2, 0.25) is 5.91 Å². The van der Waals surface area contributed by atoms with E-state index in [0.717, 1.165) is 5.56 Å². The van der Waals surface area contributed by atoms with Gasteiger partial charge in [0.15, 0.2) is 0 Å². The van der Waals surface area contributed by atoms with Crippen molar-refractivity contribution in [2.45, 2.75) is 6.92 Å². The maximum absolute atomic E-state index is 11.6. The predicted octanol–water partition coefficient (Wildman–Crippen LogP) is 0.934. The van der Waals surface area contributed by atoms with Gasteiger partial charge in [-0.1, -0.05) is 0 Å². The minimum absolute atomic E-state index is 0.0458. The molecule has 5 nitrogen and oxygen atoms in total. The molecule has 17 heavy (non-hydrogen) atoms. The third kappa shape index (κ3) is 2.68. The van der Waals surface area contributed by atoms with Gasteiger partial charge in [0.05, 0.1) is 26.5 Å². The molecule has 1 aromatic rings. The number of aryl methyl sites for hydroxylation is 1. The molecular formula is C12H18N2O3. The summed E-state index contributed by atoms with van der Waals surface area (Å²) >= 11 is 0. The molecule has 0 heterocycles. The lowest BCUT2D eigenvalue weighted by Crippen LogP contribution is -2.32. The first-order valence-electron chi connectivity index (χ1n) is 5.24. The molecule has 0 fully saturated rings. The van der Waals surface area contributed by atoms with Crippen molar-refractivity contribution in [2.75, 3.05) is 32.7 Å². The van der Waals surface area contributed by atoms with Crippen molar-refractivity contribution in [3.8, 4) is 11.5 Å². The summed E-state index contributed by atoms with van der Waals surface area (Å²) in [6.07, 6.45) is 0. The third-order valence-electron chi connectivity index (χ3n) is 2.61. The molecule has 0 aliphatic carbocycles. The maximum atomic E-state index is 11.6. The maximum Gasteiger partial charge on any atom is 0.240 e. The third-order valence-corrected chi connectivity index (χ3v) is 2.61. The molecule has 0 atom stereocenters. The van der Waals surface area contributed by atoms with E-state index in [0.29, 0.717) is 17.2 Å². The molecule has 94 valence electrons. The average molecular weight is 238 g/mol. The van der Waals surface area contributed by atoms with E-state index in [-0.39, 0.29) is 12.5 Å². The fraction of sp³-hybridized carbons (Fsp3) is 0.417. The number of hydrogen-bond donors (Lipinski definition) is 1. The van der Waals surface area contributed by atoms with Crippen molar-refractivity contribution in [3.63, 3.8) is 0 Å². The summed E-state index contributed by atoms with van der Waals surface area (Å²) in [5.74, 6) is 1.14. The molecule has 0 aromatic heterocycles. The summed E-state index contributed by atoms with van der Waals surface area (Å²) in [6, 6.07) is 3.59. The standard InChI is InChI=1S/C12H18N2O3/c1-8-5-11(17-4)9(6-10(8)16-3)14(2)12(15)7-13/h5-6H,7,13H2,1-4H3. The van der Waals surface area contributed by atoms with Crippen LogP contribution in [0.5, 0.6) is 11.5 Å². The lowest BCUT2D eigenvalue weighted by molar-refractivity contribution is -0.117. The molecule has 0 saturated heterocycles. The smallest absolute Gasteiger partial charge is 0.240 e. The highest BCUT2D eigenvalue weighted by atomic mass is 16.5. The van der Waals surface area contributed by atoms with Crippen LogP contribution >= 0.6 is 0 Å². The number of ether oxygens (including phenoxy) is 2. The van der Waals surface area contributed by atoms with Crippen LogP contribution in [0.3, 0.4) is 0 Å². The van der Waals surface area contributed by atoms with Crippen LogP contribution < -0.4 is 20.1 Å². The second-order valence-corrected chi connectivity index (χ2v) is 3.65. The number of rotatable bonds is 4. The Labute approximate surface area is 101 Å². The molecule has 5 heteroatoms. The van der Waals surface area contributed by atoms with Crippen molar-refractivity contribution in [2.24, 2.45) is 5.73 Å². The van der Waals surface area contributed by atoms with Gasteiger partial charge in [0, 0.05) is 13.1 Å². The monoisotopic (exact) mass is 238 g/mol. The van der Waals surface area contributed by atoms with Crippen molar-refractivity contribution < 1.29 is 14.3 Å². The summed E-state index contributed by atoms with van der Waals surface area (Å²) in [6.45, 7) is 1.87. The number of carbonyl (C=O) groups is 1. The molecule has 1 rings (SSSR count). The fourth-order valence-corrected chi connectivity index (χ4v) is 1.57. The molecule has 0 spiro atoms. The molecular weight excluding hydrogens is 220 g/mol. The molecule has 0 unspecified atom stereocenters. The largest absolute Gasteiger partial charge is 0.496 e. The van der Waals surface area contributed by atoms with E-state index >= 15 is 0 Å². The van der Waals surface area contributed by atoms with Crippen LogP contribution in [0.1, 0.15) is 5.56 Å². The van der Waals surface area contributed by atoms with Gasteiger partial charge >= 0.3 is 0 Å². The minimum Gasteiger partial charge on any atom is -0.496 e. The van der Waals surface area contributed by atoms with E-state index in [1.54, 1.807) is 27.3 Å². The number of methoxy groups -OCH3 is 2. The average Bonchev–Trinajstić information content (AvgIpc) is 2.36. The second-order valence-electron chi connectivity index (χ2n) is 3.65. The number of likely N-dealkylation sites (N-methyl/N-ethyl adjacent to an activating group) is 1. The lowest BCUT2D eigenvalue weighted by Gasteiger charge is -2.21. The molecule has 0 aliphatic heterocycles. The normalized spacial score (nSPS) is 9.94. The topological polar surface area (TPSA) is 64.8 Å². The summed E-state index contributed by atoms with van der Waals surface area (Å²) in [5, 5.41) is 0. The van der Waals surface area contributed by atoms with Crippen molar-refractivity contribution >= 4 is 11.6 Å². The molecule has 1 aromatic carbocycles. The first-order chi connectivity index (χ1) is 8.04. The van der Waals surface area contributed by atoms with Crippen LogP contribution in [0, 0.1) is 6.92 Å². The second kappa shape index (κ2) is 5.54. The van der Waals surface area contributed by atoms with Crippen LogP contribution in [0.15, 0.2) is 12.1 Å². The Morgan fingerprint density at radius 3 is 2.35 bits per heavy atom. The predicted molar refractivity (Wildman–Crippen MR) is 66.7 cm³/mol. The zero-order chi connectivity index (χ0) is 13.0. The highest BCUT2D eigenvalue weighted by Crippen LogP contribution is 2.34. The summed E-state index contributed by atoms with van der Waals surface area (Å²) in [7, 11) is 4.80. The SMILES string of the molecule is COc1cc(N(C)C(=O)CN)c(OC)cc1C. The molecule has 1 amide bonds. The Bertz CT molecular complexity index is 418. The number of amides is 1. The number of carbonyl (C=O) groups excluding carboxylic acids is 1. The van der Waals surface area contributed by atoms with Gasteiger partial charge in [-0.2, -0.15) is 0 Å². The Morgan fingerprint density at radius 1 is 1.29 bits per heavy atom. The van der Waals surface area contributed by atoms with E-state index in [9.17, 15) is 4.79 Å². The Hall–Kier alpha value is -1.75. The summed E-state index contributed by atoms with van der Waals surface area (Å²) in [4.78, 5) is 13.0. The highest BCUT2D eigenvalue weighted by molar-refractivity contribution is 5.95. The molecule has 0 radical (unpaired) electrons. The van der Waals surface area contributed by atoms with Crippen LogP contribution in [0.2, 0.25) is 0 Å². The summed E-state index contributed by atoms with van der Waals surface area (Å²) < 4.78 is 10.5. The van der Waals surface area contributed by atoms with Crippen molar-refractivity contribution in [1.29, 1.82) is 0 Å². The van der Waals surface area contributed by atoms with Crippen LogP contribution in [0.25, 0.3) is 0 Å². The summed E-state index contributed by atoms with van der Waals surface area (Å²) in [5.41, 5.74) is 6.93. The molecule has 0 bridgehead atoms. The number of hydrogen-bond acceptors (Lipinski definition) is 4. The van der Waals surface area contributed by atoms with Gasteiger partial charge in [-0.3, -0.25) is 4.79 Å². The zero-order valence-corrected chi connectivity index (χ0v) is 10.6. The lowest BCUT2D eigenvalue weighted by atomic mass is 10.1. The first kappa shape index (κ1) is 13.3. The van der Waals surface area contributed by atoms with Gasteiger partial charge in [-0.25, -0.2) is 0 Å². The van der Waals surface area contributed by atoms with Crippen molar-refractivity contribution in [1.82, 2.24) is 0 Å². The first-order valence-corrected chi connectivity index (χ1v) is 5.24. The number of nitrogens with zero attached hydrogens (tertiary/aromatic N) is 1. The zero-order valence-electron chi connectivity index (χ0n) is 10.6. The van der Waals surface area contributed by atoms with Crippen molar-refractivity contribution in [3.05, 3.63) is 17.7 Å². The molecule has 0 aliphatic rings. The van der Waals surface area contributed by atoms with Crippen LogP contribution in [-0.2, 0) is 4.79 Å². The van der Waals surface area contributed by atoms with Gasteiger partial charge < -0.3 is 20.1 Å². The Kier molecular flexibility index (Phi) is 4.34. The minimum atomic E-state index is -0.186. The van der Waals surface area contributed by atoms with Crippen LogP contribution in [-0.4, -0.2) is 33.7 Å². The van der Waals surface area contributed by atoms with Gasteiger partial charge in [0.25, 0.3) is 0 Å². The molecule has 0 saturated carbocycles. The van der Waals surface area contributed by atoms with E-state index in [1.807, 2.05) is 13.0 Å². The van der Waals surface area contributed by atoms with Gasteiger partial charge in [-0.15, -0.1) is 0 Å². The van der Waals surface area contributed by atoms with Gasteiger partial charge in [0.1, 0.15) is 11.5 Å². The van der Waals surface area contributed by atoms with E-state index in [2.05, 4.69) is 0 Å². The molecule has 2 N–H and O–H groups in total. The van der Waals surface area contributed by atoms with E-state index < -0.39 is 0 Å². The highest BCUT2D eigenvalue weighted by Gasteiger charge is 2.16. The van der Waals surface area contributed by atoms with Crippen LogP contribution in [0.4, 0.5) is 5.69 Å².